The van der Waals surface area contributed by atoms with Gasteiger partial charge in [0.2, 0.25) is 24.5 Å². The molecule has 1 fully saturated rings. The number of aliphatic carboxylic acids is 1. The number of nitrogens with one attached hydrogen (secondary N) is 2. The number of aliphatic hydroxyl groups excluding tert-OH is 1. The summed E-state index contributed by atoms with van der Waals surface area (Å²) in [6.45, 7) is 1.46. The van der Waals surface area contributed by atoms with Crippen molar-refractivity contribution in [3.8, 4) is 11.5 Å². The summed E-state index contributed by atoms with van der Waals surface area (Å²) in [5.74, 6) is -5.43. The van der Waals surface area contributed by atoms with Crippen molar-refractivity contribution in [1.29, 1.82) is 0 Å². The highest BCUT2D eigenvalue weighted by Crippen LogP contribution is 2.29. The highest BCUT2D eigenvalue weighted by Gasteiger charge is 2.36. The molecule has 0 aromatic heterocycles. The van der Waals surface area contributed by atoms with Gasteiger partial charge in [-0.15, -0.1) is 0 Å². The van der Waals surface area contributed by atoms with Gasteiger partial charge >= 0.3 is 11.9 Å². The molecule has 272 valence electrons. The quantitative estimate of drug-likeness (QED) is 0.0338. The van der Waals surface area contributed by atoms with Gasteiger partial charge in [-0.25, -0.2) is 4.79 Å². The number of imide groups is 1. The van der Waals surface area contributed by atoms with E-state index >= 15 is 0 Å². The first kappa shape index (κ1) is 40.5. The normalized spacial score (nSPS) is 18.2. The van der Waals surface area contributed by atoms with Crippen LogP contribution < -0.4 is 20.1 Å². The predicted octanol–water partition coefficient (Wildman–Crippen LogP) is -1.48. The standard InChI is InChI=1S/C29H39N3O16S/c1-3-4-25(37)32(17-33)14-24(36)31-21(16-49(41,42)43)28(38)30-9-10-44-11-12-45-23-13-20(6-5-19(23)15-46-18(2)34)47-26-8-7-22(35)27(48-26)29(39)40/h3-6,13,17,21-22,26-27,35H,7-12,14-16H2,1-2H3,(H,30,38)(H,31,36)(H,39,40)(H,41,42,43)/b4-3-/t21?,22-,26?,27?/m0/s1. The van der Waals surface area contributed by atoms with Gasteiger partial charge in [-0.1, -0.05) is 6.08 Å². The van der Waals surface area contributed by atoms with E-state index in [0.717, 1.165) is 6.08 Å². The molecule has 1 aromatic carbocycles. The smallest absolute Gasteiger partial charge is 0.335 e. The number of carbonyl (C=O) groups excluding carboxylic acids is 5. The zero-order chi connectivity index (χ0) is 36.6. The van der Waals surface area contributed by atoms with Crippen LogP contribution in [0.15, 0.2) is 30.4 Å². The summed E-state index contributed by atoms with van der Waals surface area (Å²) in [6, 6.07) is 2.81. The van der Waals surface area contributed by atoms with Gasteiger partial charge in [0.1, 0.15) is 43.1 Å². The Kier molecular flexibility index (Phi) is 16.6. The van der Waals surface area contributed by atoms with Gasteiger partial charge in [-0.05, 0) is 31.6 Å². The molecular weight excluding hydrogens is 678 g/mol. The average Bonchev–Trinajstić information content (AvgIpc) is 3.02. The van der Waals surface area contributed by atoms with Gasteiger partial charge in [0.15, 0.2) is 6.10 Å². The third-order valence-corrected chi connectivity index (χ3v) is 7.17. The van der Waals surface area contributed by atoms with Crippen molar-refractivity contribution in [3.05, 3.63) is 35.9 Å². The van der Waals surface area contributed by atoms with E-state index in [1.54, 1.807) is 6.07 Å². The molecule has 0 aliphatic carbocycles. The Bertz CT molecular complexity index is 1470. The lowest BCUT2D eigenvalue weighted by molar-refractivity contribution is -0.203. The number of aliphatic hydroxyl groups is 1. The second kappa shape index (κ2) is 20.0. The van der Waals surface area contributed by atoms with Gasteiger partial charge in [0.05, 0.1) is 19.3 Å². The Hall–Kier alpha value is -4.63. The van der Waals surface area contributed by atoms with Crippen LogP contribution in [-0.2, 0) is 59.7 Å². The zero-order valence-electron chi connectivity index (χ0n) is 26.6. The van der Waals surface area contributed by atoms with E-state index in [1.807, 2.05) is 0 Å². The number of amides is 4. The average molecular weight is 718 g/mol. The fourth-order valence-corrected chi connectivity index (χ4v) is 4.81. The van der Waals surface area contributed by atoms with Gasteiger partial charge in [0.25, 0.3) is 16.0 Å². The number of carboxylic acid groups (broad SMARTS) is 1. The van der Waals surface area contributed by atoms with Gasteiger partial charge in [0, 0.05) is 31.5 Å². The molecule has 0 bridgehead atoms. The summed E-state index contributed by atoms with van der Waals surface area (Å²) < 4.78 is 59.4. The Balaban J connectivity index is 1.90. The summed E-state index contributed by atoms with van der Waals surface area (Å²) in [4.78, 5) is 71.0. The molecule has 0 radical (unpaired) electrons. The van der Waals surface area contributed by atoms with E-state index < -0.39 is 76.6 Å². The van der Waals surface area contributed by atoms with Crippen LogP contribution in [0.5, 0.6) is 11.5 Å². The summed E-state index contributed by atoms with van der Waals surface area (Å²) in [7, 11) is -4.74. The fourth-order valence-electron chi connectivity index (χ4n) is 4.16. The van der Waals surface area contributed by atoms with Gasteiger partial charge in [-0.2, -0.15) is 8.42 Å². The number of allylic oxidation sites excluding steroid dienone is 1. The molecule has 0 spiro atoms. The number of hydrogen-bond acceptors (Lipinski definition) is 14. The first-order valence-electron chi connectivity index (χ1n) is 14.7. The van der Waals surface area contributed by atoms with E-state index in [0.29, 0.717) is 10.5 Å². The molecule has 49 heavy (non-hydrogen) atoms. The second-order valence-electron chi connectivity index (χ2n) is 10.3. The third-order valence-electron chi connectivity index (χ3n) is 6.42. The minimum atomic E-state index is -4.74. The highest BCUT2D eigenvalue weighted by atomic mass is 32.2. The number of benzene rings is 1. The zero-order valence-corrected chi connectivity index (χ0v) is 27.5. The maximum absolute atomic E-state index is 12.6. The highest BCUT2D eigenvalue weighted by molar-refractivity contribution is 7.85. The van der Waals surface area contributed by atoms with Crippen molar-refractivity contribution in [3.63, 3.8) is 0 Å². The van der Waals surface area contributed by atoms with Crippen molar-refractivity contribution in [2.75, 3.05) is 38.7 Å². The largest absolute Gasteiger partial charge is 0.491 e. The van der Waals surface area contributed by atoms with E-state index in [-0.39, 0.29) is 63.7 Å². The van der Waals surface area contributed by atoms with Crippen LogP contribution in [0.1, 0.15) is 32.3 Å². The molecule has 1 aromatic rings. The Morgan fingerprint density at radius 1 is 1.14 bits per heavy atom. The molecule has 3 unspecified atom stereocenters. The Morgan fingerprint density at radius 2 is 1.88 bits per heavy atom. The first-order chi connectivity index (χ1) is 23.1. The van der Waals surface area contributed by atoms with Crippen LogP contribution in [0.3, 0.4) is 0 Å². The maximum atomic E-state index is 12.6. The fraction of sp³-hybridized carbons (Fsp3) is 0.517. The lowest BCUT2D eigenvalue weighted by Crippen LogP contribution is -2.53. The first-order valence-corrected chi connectivity index (χ1v) is 16.3. The molecule has 1 heterocycles. The van der Waals surface area contributed by atoms with Crippen LogP contribution in [0.4, 0.5) is 0 Å². The van der Waals surface area contributed by atoms with Crippen molar-refractivity contribution < 1.29 is 75.6 Å². The lowest BCUT2D eigenvalue weighted by Gasteiger charge is -2.31. The molecule has 2 rings (SSSR count). The van der Waals surface area contributed by atoms with Crippen LogP contribution in [-0.4, -0.2) is 127 Å². The molecule has 1 aliphatic heterocycles. The topological polar surface area (TPSA) is 271 Å². The molecule has 4 atom stereocenters. The Morgan fingerprint density at radius 3 is 2.51 bits per heavy atom. The van der Waals surface area contributed by atoms with E-state index in [4.69, 9.17) is 23.7 Å². The molecule has 4 amide bonds. The SMILES string of the molecule is C/C=C\C(=O)N(C=O)CC(=O)NC(CS(=O)(=O)O)C(=O)NCCOCCOc1cc(OC2CC[C@H](O)C(C(=O)O)O2)ccc1COC(C)=O. The number of esters is 1. The number of nitrogens with zero attached hydrogens (tertiary/aromatic N) is 1. The molecule has 5 N–H and O–H groups in total. The number of hydrogen-bond donors (Lipinski definition) is 5. The number of rotatable bonds is 20. The molecule has 1 aliphatic rings. The van der Waals surface area contributed by atoms with Gasteiger partial charge in [-0.3, -0.25) is 33.4 Å². The summed E-state index contributed by atoms with van der Waals surface area (Å²) in [6.07, 6.45) is -0.792. The van der Waals surface area contributed by atoms with Crippen LogP contribution in [0, 0.1) is 0 Å². The third kappa shape index (κ3) is 15.0. The molecule has 1 saturated heterocycles. The van der Waals surface area contributed by atoms with Crippen molar-refractivity contribution in [2.24, 2.45) is 0 Å². The van der Waals surface area contributed by atoms with Crippen LogP contribution >= 0.6 is 0 Å². The molecule has 20 heteroatoms. The molecule has 19 nitrogen and oxygen atoms in total. The summed E-state index contributed by atoms with van der Waals surface area (Å²) in [5.41, 5.74) is 0.465. The van der Waals surface area contributed by atoms with Crippen LogP contribution in [0.2, 0.25) is 0 Å². The van der Waals surface area contributed by atoms with E-state index in [2.05, 4.69) is 10.6 Å². The van der Waals surface area contributed by atoms with Gasteiger partial charge < -0.3 is 44.5 Å². The predicted molar refractivity (Wildman–Crippen MR) is 164 cm³/mol. The monoisotopic (exact) mass is 717 g/mol. The minimum Gasteiger partial charge on any atom is -0.491 e. The second-order valence-corrected chi connectivity index (χ2v) is 11.8. The minimum absolute atomic E-state index is 0.0230. The Labute approximate surface area is 281 Å². The van der Waals surface area contributed by atoms with E-state index in [9.17, 15) is 52.0 Å². The number of ether oxygens (including phenoxy) is 5. The molecular formula is C29H39N3O16S. The number of carbonyl (C=O) groups is 6. The van der Waals surface area contributed by atoms with Crippen molar-refractivity contribution in [2.45, 2.75) is 57.8 Å². The summed E-state index contributed by atoms with van der Waals surface area (Å²) in [5, 5.41) is 23.5. The summed E-state index contributed by atoms with van der Waals surface area (Å²) >= 11 is 0. The van der Waals surface area contributed by atoms with Crippen molar-refractivity contribution >= 4 is 46.2 Å². The molecule has 0 saturated carbocycles. The maximum Gasteiger partial charge on any atom is 0.335 e. The van der Waals surface area contributed by atoms with Crippen molar-refractivity contribution in [1.82, 2.24) is 15.5 Å². The van der Waals surface area contributed by atoms with Crippen LogP contribution in [0.25, 0.3) is 0 Å². The number of carboxylic acids is 1. The lowest BCUT2D eigenvalue weighted by atomic mass is 10.1. The van der Waals surface area contributed by atoms with E-state index in [1.165, 1.54) is 32.1 Å².